The lowest BCUT2D eigenvalue weighted by Gasteiger charge is -2.17. The highest BCUT2D eigenvalue weighted by Crippen LogP contribution is 2.42. The first-order chi connectivity index (χ1) is 11.3. The molecule has 0 unspecified atom stereocenters. The Morgan fingerprint density at radius 2 is 1.22 bits per heavy atom. The van der Waals surface area contributed by atoms with E-state index in [0.717, 1.165) is 16.9 Å². The van der Waals surface area contributed by atoms with Crippen LogP contribution in [0.5, 0.6) is 0 Å². The molecule has 4 aromatic rings. The standard InChI is InChI=1S/C21H18N2/c1-23-19-13-11-15-7-3-5-9-17(15)21(19)20-16-8-4-2-6-14(16)10-12-18(20)22/h2-13,23H,22H2,1H3. The van der Waals surface area contributed by atoms with Gasteiger partial charge in [0.15, 0.2) is 0 Å². The summed E-state index contributed by atoms with van der Waals surface area (Å²) in [7, 11) is 1.95. The van der Waals surface area contributed by atoms with Crippen LogP contribution >= 0.6 is 0 Å². The van der Waals surface area contributed by atoms with Crippen LogP contribution in [0.2, 0.25) is 0 Å². The van der Waals surface area contributed by atoms with E-state index in [0.29, 0.717) is 0 Å². The third-order valence-corrected chi connectivity index (χ3v) is 4.41. The lowest BCUT2D eigenvalue weighted by atomic mass is 9.91. The average Bonchev–Trinajstić information content (AvgIpc) is 2.61. The Balaban J connectivity index is 2.21. The molecule has 0 spiro atoms. The molecule has 0 aliphatic carbocycles. The molecule has 2 heteroatoms. The molecular weight excluding hydrogens is 280 g/mol. The number of nitrogens with two attached hydrogens (primary N) is 1. The van der Waals surface area contributed by atoms with Crippen LogP contribution in [0, 0.1) is 0 Å². The maximum atomic E-state index is 6.41. The number of nitrogen functional groups attached to an aromatic ring is 1. The van der Waals surface area contributed by atoms with Gasteiger partial charge in [-0.15, -0.1) is 0 Å². The van der Waals surface area contributed by atoms with Crippen molar-refractivity contribution < 1.29 is 0 Å². The third-order valence-electron chi connectivity index (χ3n) is 4.41. The lowest BCUT2D eigenvalue weighted by Crippen LogP contribution is -1.97. The molecule has 0 amide bonds. The van der Waals surface area contributed by atoms with Gasteiger partial charge in [0.05, 0.1) is 0 Å². The van der Waals surface area contributed by atoms with E-state index < -0.39 is 0 Å². The SMILES string of the molecule is CNc1ccc2ccccc2c1-c1c(N)ccc2ccccc12. The second-order valence-corrected chi connectivity index (χ2v) is 5.71. The van der Waals surface area contributed by atoms with Crippen LogP contribution in [-0.4, -0.2) is 7.05 Å². The van der Waals surface area contributed by atoms with Gasteiger partial charge in [-0.2, -0.15) is 0 Å². The monoisotopic (exact) mass is 298 g/mol. The highest BCUT2D eigenvalue weighted by Gasteiger charge is 2.14. The molecule has 0 atom stereocenters. The summed E-state index contributed by atoms with van der Waals surface area (Å²) in [5.41, 5.74) is 10.6. The van der Waals surface area contributed by atoms with Gasteiger partial charge in [0.2, 0.25) is 0 Å². The Morgan fingerprint density at radius 3 is 1.87 bits per heavy atom. The van der Waals surface area contributed by atoms with E-state index in [-0.39, 0.29) is 0 Å². The van der Waals surface area contributed by atoms with Gasteiger partial charge in [0.25, 0.3) is 0 Å². The molecule has 2 nitrogen and oxygen atoms in total. The maximum Gasteiger partial charge on any atom is 0.0424 e. The molecule has 3 N–H and O–H groups in total. The Morgan fingerprint density at radius 1 is 0.652 bits per heavy atom. The number of hydrogen-bond acceptors (Lipinski definition) is 2. The van der Waals surface area contributed by atoms with Crippen LogP contribution < -0.4 is 11.1 Å². The minimum atomic E-state index is 0.802. The number of rotatable bonds is 2. The molecule has 0 saturated heterocycles. The molecule has 0 bridgehead atoms. The van der Waals surface area contributed by atoms with Crippen LogP contribution in [0.15, 0.2) is 72.8 Å². The predicted molar refractivity (Wildman–Crippen MR) is 101 cm³/mol. The zero-order valence-electron chi connectivity index (χ0n) is 13.0. The van der Waals surface area contributed by atoms with Gasteiger partial charge in [0, 0.05) is 29.5 Å². The molecule has 0 aliphatic rings. The molecule has 0 aromatic heterocycles. The van der Waals surface area contributed by atoms with Crippen LogP contribution in [0.25, 0.3) is 32.7 Å². The Labute approximate surface area is 135 Å². The maximum absolute atomic E-state index is 6.41. The summed E-state index contributed by atoms with van der Waals surface area (Å²) in [5.74, 6) is 0. The molecule has 4 aromatic carbocycles. The van der Waals surface area contributed by atoms with E-state index in [1.165, 1.54) is 27.1 Å². The van der Waals surface area contributed by atoms with Gasteiger partial charge < -0.3 is 11.1 Å². The first kappa shape index (κ1) is 13.6. The molecule has 0 saturated carbocycles. The Bertz CT molecular complexity index is 1020. The molecular formula is C21H18N2. The summed E-state index contributed by atoms with van der Waals surface area (Å²) in [5, 5.41) is 8.13. The normalized spacial score (nSPS) is 11.0. The third kappa shape index (κ3) is 2.11. The molecule has 0 fully saturated rings. The van der Waals surface area contributed by atoms with Gasteiger partial charge >= 0.3 is 0 Å². The van der Waals surface area contributed by atoms with E-state index in [2.05, 4.69) is 72.0 Å². The number of fused-ring (bicyclic) bond motifs is 2. The van der Waals surface area contributed by atoms with E-state index in [1.807, 2.05) is 13.1 Å². The van der Waals surface area contributed by atoms with Crippen LogP contribution in [0.1, 0.15) is 0 Å². The fourth-order valence-corrected chi connectivity index (χ4v) is 3.32. The van der Waals surface area contributed by atoms with Crippen molar-refractivity contribution in [3.8, 4) is 11.1 Å². The highest BCUT2D eigenvalue weighted by atomic mass is 14.8. The highest BCUT2D eigenvalue weighted by molar-refractivity contribution is 6.13. The summed E-state index contributed by atoms with van der Waals surface area (Å²) < 4.78 is 0. The van der Waals surface area contributed by atoms with Crippen LogP contribution in [0.4, 0.5) is 11.4 Å². The summed E-state index contributed by atoms with van der Waals surface area (Å²) in [4.78, 5) is 0. The van der Waals surface area contributed by atoms with Crippen LogP contribution in [0.3, 0.4) is 0 Å². The summed E-state index contributed by atoms with van der Waals surface area (Å²) in [6.07, 6.45) is 0. The van der Waals surface area contributed by atoms with Gasteiger partial charge in [-0.3, -0.25) is 0 Å². The lowest BCUT2D eigenvalue weighted by molar-refractivity contribution is 1.53. The Hall–Kier alpha value is -3.00. The van der Waals surface area contributed by atoms with E-state index >= 15 is 0 Å². The quantitative estimate of drug-likeness (QED) is 0.494. The fourth-order valence-electron chi connectivity index (χ4n) is 3.32. The van der Waals surface area contributed by atoms with Crippen molar-refractivity contribution in [1.29, 1.82) is 0 Å². The summed E-state index contributed by atoms with van der Waals surface area (Å²) >= 11 is 0. The summed E-state index contributed by atoms with van der Waals surface area (Å²) in [6, 6.07) is 25.2. The number of anilines is 2. The minimum absolute atomic E-state index is 0.802. The van der Waals surface area contributed by atoms with E-state index in [4.69, 9.17) is 5.73 Å². The fraction of sp³-hybridized carbons (Fsp3) is 0.0476. The van der Waals surface area contributed by atoms with Gasteiger partial charge in [-0.05, 0) is 33.7 Å². The molecule has 23 heavy (non-hydrogen) atoms. The number of nitrogens with one attached hydrogen (secondary N) is 1. The topological polar surface area (TPSA) is 38.0 Å². The molecule has 0 aliphatic heterocycles. The molecule has 0 radical (unpaired) electrons. The zero-order chi connectivity index (χ0) is 15.8. The van der Waals surface area contributed by atoms with Crippen molar-refractivity contribution in [3.63, 3.8) is 0 Å². The number of hydrogen-bond donors (Lipinski definition) is 2. The molecule has 112 valence electrons. The first-order valence-electron chi connectivity index (χ1n) is 7.76. The van der Waals surface area contributed by atoms with Gasteiger partial charge in [0.1, 0.15) is 0 Å². The summed E-state index contributed by atoms with van der Waals surface area (Å²) in [6.45, 7) is 0. The number of benzene rings is 4. The molecule has 0 heterocycles. The van der Waals surface area contributed by atoms with Crippen molar-refractivity contribution in [1.82, 2.24) is 0 Å². The zero-order valence-corrected chi connectivity index (χ0v) is 13.0. The second kappa shape index (κ2) is 5.33. The largest absolute Gasteiger partial charge is 0.398 e. The second-order valence-electron chi connectivity index (χ2n) is 5.71. The van der Waals surface area contributed by atoms with Crippen LogP contribution in [-0.2, 0) is 0 Å². The van der Waals surface area contributed by atoms with Crippen molar-refractivity contribution in [2.45, 2.75) is 0 Å². The Kier molecular flexibility index (Phi) is 3.16. The molecule has 4 rings (SSSR count). The van der Waals surface area contributed by atoms with Crippen molar-refractivity contribution >= 4 is 32.9 Å². The van der Waals surface area contributed by atoms with E-state index in [1.54, 1.807) is 0 Å². The minimum Gasteiger partial charge on any atom is -0.398 e. The van der Waals surface area contributed by atoms with Gasteiger partial charge in [-0.1, -0.05) is 60.7 Å². The van der Waals surface area contributed by atoms with Crippen molar-refractivity contribution in [2.75, 3.05) is 18.1 Å². The predicted octanol–water partition coefficient (Wildman–Crippen LogP) is 5.28. The van der Waals surface area contributed by atoms with E-state index in [9.17, 15) is 0 Å². The van der Waals surface area contributed by atoms with Crippen molar-refractivity contribution in [2.24, 2.45) is 0 Å². The average molecular weight is 298 g/mol. The van der Waals surface area contributed by atoms with Crippen molar-refractivity contribution in [3.05, 3.63) is 72.8 Å². The first-order valence-corrected chi connectivity index (χ1v) is 7.76. The smallest absolute Gasteiger partial charge is 0.0424 e. The van der Waals surface area contributed by atoms with Gasteiger partial charge in [-0.25, -0.2) is 0 Å².